The predicted octanol–water partition coefficient (Wildman–Crippen LogP) is 4.14. The normalized spacial score (nSPS) is 12.2. The lowest BCUT2D eigenvalue weighted by atomic mass is 10.1. The second kappa shape index (κ2) is 9.17. The Bertz CT molecular complexity index is 1030. The first-order chi connectivity index (χ1) is 13.5. The maximum Gasteiger partial charge on any atom is 0.262 e. The molecule has 0 unspecified atom stereocenters. The average Bonchev–Trinajstić information content (AvgIpc) is 2.72. The molecule has 0 radical (unpaired) electrons. The minimum absolute atomic E-state index is 0.0148. The number of rotatable bonds is 8. The van der Waals surface area contributed by atoms with Gasteiger partial charge in [-0.25, -0.2) is 4.98 Å². The van der Waals surface area contributed by atoms with Gasteiger partial charge in [-0.05, 0) is 31.0 Å². The molecular formula is C22H24N2O3S. The summed E-state index contributed by atoms with van der Waals surface area (Å²) < 4.78 is 6.86. The molecule has 0 saturated heterocycles. The Labute approximate surface area is 168 Å². The van der Waals surface area contributed by atoms with Crippen molar-refractivity contribution in [1.82, 2.24) is 9.55 Å². The summed E-state index contributed by atoms with van der Waals surface area (Å²) in [7, 11) is 1.60. The van der Waals surface area contributed by atoms with Gasteiger partial charge in [-0.15, -0.1) is 0 Å². The zero-order valence-electron chi connectivity index (χ0n) is 16.3. The molecule has 0 N–H and O–H groups in total. The van der Waals surface area contributed by atoms with E-state index >= 15 is 0 Å². The first-order valence-electron chi connectivity index (χ1n) is 9.30. The highest BCUT2D eigenvalue weighted by molar-refractivity contribution is 7.99. The third-order valence-electron chi connectivity index (χ3n) is 4.64. The topological polar surface area (TPSA) is 61.2 Å². The summed E-state index contributed by atoms with van der Waals surface area (Å²) in [4.78, 5) is 30.3. The van der Waals surface area contributed by atoms with E-state index in [-0.39, 0.29) is 23.1 Å². The fraction of sp³-hybridized carbons (Fsp3) is 0.318. The molecule has 0 aliphatic rings. The zero-order chi connectivity index (χ0) is 20.1. The van der Waals surface area contributed by atoms with Crippen LogP contribution in [-0.4, -0.2) is 34.8 Å². The van der Waals surface area contributed by atoms with Crippen LogP contribution >= 0.6 is 11.8 Å². The number of aryl methyl sites for hydroxylation is 1. The van der Waals surface area contributed by atoms with Crippen molar-refractivity contribution in [2.45, 2.75) is 31.5 Å². The lowest BCUT2D eigenvalue weighted by Gasteiger charge is -2.18. The van der Waals surface area contributed by atoms with Crippen molar-refractivity contribution in [3.8, 4) is 0 Å². The van der Waals surface area contributed by atoms with E-state index in [9.17, 15) is 9.59 Å². The van der Waals surface area contributed by atoms with Crippen LogP contribution in [0.1, 0.15) is 35.8 Å². The minimum Gasteiger partial charge on any atom is -0.383 e. The third kappa shape index (κ3) is 4.34. The lowest BCUT2D eigenvalue weighted by Crippen LogP contribution is -2.28. The Hall–Kier alpha value is -2.44. The number of aromatic nitrogens is 2. The number of ketones is 1. The van der Waals surface area contributed by atoms with Crippen LogP contribution in [0.5, 0.6) is 0 Å². The van der Waals surface area contributed by atoms with Crippen molar-refractivity contribution in [1.29, 1.82) is 0 Å². The van der Waals surface area contributed by atoms with Gasteiger partial charge in [0.25, 0.3) is 5.56 Å². The lowest BCUT2D eigenvalue weighted by molar-refractivity contribution is 0.102. The van der Waals surface area contributed by atoms with Crippen molar-refractivity contribution in [2.24, 2.45) is 0 Å². The number of benzene rings is 2. The molecule has 6 heteroatoms. The quantitative estimate of drug-likeness (QED) is 0.325. The minimum atomic E-state index is -0.184. The van der Waals surface area contributed by atoms with Crippen molar-refractivity contribution < 1.29 is 9.53 Å². The van der Waals surface area contributed by atoms with E-state index in [4.69, 9.17) is 4.74 Å². The SMILES string of the molecule is CCc1ccc(C(=O)CSc2nc3ccccc3c(=O)n2[C@H](C)COC)cc1. The van der Waals surface area contributed by atoms with Gasteiger partial charge in [-0.3, -0.25) is 14.2 Å². The smallest absolute Gasteiger partial charge is 0.262 e. The Morgan fingerprint density at radius 1 is 1.18 bits per heavy atom. The highest BCUT2D eigenvalue weighted by Crippen LogP contribution is 2.22. The molecular weight excluding hydrogens is 372 g/mol. The fourth-order valence-corrected chi connectivity index (χ4v) is 4.06. The first-order valence-corrected chi connectivity index (χ1v) is 10.3. The molecule has 0 saturated carbocycles. The molecule has 3 rings (SSSR count). The van der Waals surface area contributed by atoms with E-state index in [0.717, 1.165) is 6.42 Å². The van der Waals surface area contributed by atoms with Gasteiger partial charge >= 0.3 is 0 Å². The van der Waals surface area contributed by atoms with E-state index in [0.29, 0.717) is 28.2 Å². The highest BCUT2D eigenvalue weighted by Gasteiger charge is 2.18. The van der Waals surface area contributed by atoms with Crippen LogP contribution in [0.3, 0.4) is 0 Å². The zero-order valence-corrected chi connectivity index (χ0v) is 17.2. The first kappa shape index (κ1) is 20.3. The van der Waals surface area contributed by atoms with Gasteiger partial charge in [0.1, 0.15) is 0 Å². The standard InChI is InChI=1S/C22H24N2O3S/c1-4-16-9-11-17(12-10-16)20(25)14-28-22-23-19-8-6-5-7-18(19)21(26)24(22)15(2)13-27-3/h5-12,15H,4,13-14H2,1-3H3/t15-/m1/s1. The summed E-state index contributed by atoms with van der Waals surface area (Å²) in [6.45, 7) is 4.38. The van der Waals surface area contributed by atoms with Gasteiger partial charge < -0.3 is 4.74 Å². The molecule has 1 atom stereocenters. The second-order valence-corrected chi connectivity index (χ2v) is 7.60. The summed E-state index contributed by atoms with van der Waals surface area (Å²) in [5.74, 6) is 0.233. The number of hydrogen-bond donors (Lipinski definition) is 0. The number of carbonyl (C=O) groups excluding carboxylic acids is 1. The van der Waals surface area contributed by atoms with Gasteiger partial charge in [0, 0.05) is 12.7 Å². The van der Waals surface area contributed by atoms with E-state index in [2.05, 4.69) is 11.9 Å². The van der Waals surface area contributed by atoms with Gasteiger partial charge in [-0.2, -0.15) is 0 Å². The van der Waals surface area contributed by atoms with Crippen molar-refractivity contribution in [2.75, 3.05) is 19.5 Å². The molecule has 5 nitrogen and oxygen atoms in total. The number of hydrogen-bond acceptors (Lipinski definition) is 5. The molecule has 28 heavy (non-hydrogen) atoms. The van der Waals surface area contributed by atoms with Crippen molar-refractivity contribution >= 4 is 28.4 Å². The van der Waals surface area contributed by atoms with Crippen molar-refractivity contribution in [3.63, 3.8) is 0 Å². The summed E-state index contributed by atoms with van der Waals surface area (Å²) in [5, 5.41) is 1.10. The van der Waals surface area contributed by atoms with Crippen LogP contribution in [0.2, 0.25) is 0 Å². The summed E-state index contributed by atoms with van der Waals surface area (Å²) in [6, 6.07) is 14.8. The number of nitrogens with zero attached hydrogens (tertiary/aromatic N) is 2. The van der Waals surface area contributed by atoms with Crippen LogP contribution in [0, 0.1) is 0 Å². The van der Waals surface area contributed by atoms with E-state index in [1.807, 2.05) is 49.4 Å². The van der Waals surface area contributed by atoms with Gasteiger partial charge in [-0.1, -0.05) is 55.1 Å². The van der Waals surface area contributed by atoms with Crippen LogP contribution < -0.4 is 5.56 Å². The summed E-state index contributed by atoms with van der Waals surface area (Å²) in [6.07, 6.45) is 0.938. The molecule has 0 spiro atoms. The number of para-hydroxylation sites is 1. The number of methoxy groups -OCH3 is 1. The van der Waals surface area contributed by atoms with Crippen LogP contribution in [0.4, 0.5) is 0 Å². The summed E-state index contributed by atoms with van der Waals surface area (Å²) in [5.41, 5.74) is 2.39. The fourth-order valence-electron chi connectivity index (χ4n) is 3.07. The Morgan fingerprint density at radius 2 is 1.89 bits per heavy atom. The Kier molecular flexibility index (Phi) is 6.65. The Balaban J connectivity index is 1.91. The number of thioether (sulfide) groups is 1. The van der Waals surface area contributed by atoms with Gasteiger partial charge in [0.15, 0.2) is 10.9 Å². The van der Waals surface area contributed by atoms with Crippen LogP contribution in [-0.2, 0) is 11.2 Å². The molecule has 0 amide bonds. The van der Waals surface area contributed by atoms with E-state index < -0.39 is 0 Å². The number of ether oxygens (including phenoxy) is 1. The predicted molar refractivity (Wildman–Crippen MR) is 113 cm³/mol. The number of Topliss-reactive ketones (excluding diaryl/α,β-unsaturated/α-hetero) is 1. The molecule has 0 aliphatic heterocycles. The maximum atomic E-state index is 13.0. The molecule has 0 aliphatic carbocycles. The molecule has 1 aromatic heterocycles. The molecule has 2 aromatic carbocycles. The van der Waals surface area contributed by atoms with Gasteiger partial charge in [0.2, 0.25) is 0 Å². The largest absolute Gasteiger partial charge is 0.383 e. The molecule has 0 fully saturated rings. The molecule has 0 bridgehead atoms. The monoisotopic (exact) mass is 396 g/mol. The van der Waals surface area contributed by atoms with Crippen LogP contribution in [0.25, 0.3) is 10.9 Å². The van der Waals surface area contributed by atoms with Crippen LogP contribution in [0.15, 0.2) is 58.5 Å². The molecule has 146 valence electrons. The average molecular weight is 397 g/mol. The maximum absolute atomic E-state index is 13.0. The third-order valence-corrected chi connectivity index (χ3v) is 5.59. The van der Waals surface area contributed by atoms with E-state index in [1.54, 1.807) is 17.7 Å². The Morgan fingerprint density at radius 3 is 2.57 bits per heavy atom. The summed E-state index contributed by atoms with van der Waals surface area (Å²) >= 11 is 1.29. The highest BCUT2D eigenvalue weighted by atomic mass is 32.2. The second-order valence-electron chi connectivity index (χ2n) is 6.65. The van der Waals surface area contributed by atoms with Gasteiger partial charge in [0.05, 0.1) is 29.3 Å². The van der Waals surface area contributed by atoms with E-state index in [1.165, 1.54) is 17.3 Å². The molecule has 1 heterocycles. The molecule has 3 aromatic rings. The number of fused-ring (bicyclic) bond motifs is 1. The van der Waals surface area contributed by atoms with Crippen molar-refractivity contribution in [3.05, 3.63) is 70.0 Å². The number of carbonyl (C=O) groups is 1.